The second-order valence-corrected chi connectivity index (χ2v) is 14.7. The Hall–Kier alpha value is -1.53. The number of hydrogen-bond donors (Lipinski definition) is 4. The van der Waals surface area contributed by atoms with E-state index in [2.05, 4.69) is 25.2 Å². The summed E-state index contributed by atoms with van der Waals surface area (Å²) in [4.78, 5) is 13.3. The van der Waals surface area contributed by atoms with Gasteiger partial charge in [-0.1, -0.05) is 10.8 Å². The van der Waals surface area contributed by atoms with E-state index >= 15 is 0 Å². The smallest absolute Gasteiger partial charge is 0.282 e. The van der Waals surface area contributed by atoms with Crippen LogP contribution in [-0.2, 0) is 34.7 Å². The second-order valence-electron chi connectivity index (χ2n) is 9.85. The van der Waals surface area contributed by atoms with E-state index in [1.54, 1.807) is 7.05 Å². The molecule has 9 nitrogen and oxygen atoms in total. The van der Waals surface area contributed by atoms with E-state index in [9.17, 15) is 30.8 Å². The van der Waals surface area contributed by atoms with Crippen LogP contribution < -0.4 is 20.1 Å². The molecular formula is C22H28F4N6O3S4. The van der Waals surface area contributed by atoms with Crippen molar-refractivity contribution in [2.45, 2.75) is 74.3 Å². The number of sulfonamides is 1. The van der Waals surface area contributed by atoms with E-state index in [0.29, 0.717) is 30.1 Å². The summed E-state index contributed by atoms with van der Waals surface area (Å²) in [6, 6.07) is 0.723. The molecule has 2 heterocycles. The van der Waals surface area contributed by atoms with E-state index in [0.717, 1.165) is 11.3 Å². The normalized spacial score (nSPS) is 26.3. The maximum Gasteiger partial charge on any atom is 0.282 e. The zero-order valence-corrected chi connectivity index (χ0v) is 24.0. The van der Waals surface area contributed by atoms with Crippen molar-refractivity contribution in [1.29, 1.82) is 0 Å². The van der Waals surface area contributed by atoms with Gasteiger partial charge >= 0.3 is 0 Å². The SMILES string of the molecule is Cn1nc(C(F)F)cc1NCSSN[C@H]1CCc2sc(NC(=O)[C@H]3C[C@@H]3F)c(S(=O)(=O)NC3CC(F)C3)c2C1. The molecule has 3 aliphatic rings. The summed E-state index contributed by atoms with van der Waals surface area (Å²) in [5.74, 6) is -0.430. The van der Waals surface area contributed by atoms with Gasteiger partial charge < -0.3 is 10.6 Å². The zero-order chi connectivity index (χ0) is 27.9. The van der Waals surface area contributed by atoms with Gasteiger partial charge in [0.25, 0.3) is 6.43 Å². The number of alkyl halides is 4. The largest absolute Gasteiger partial charge is 0.360 e. The van der Waals surface area contributed by atoms with Gasteiger partial charge in [-0.2, -0.15) is 5.10 Å². The van der Waals surface area contributed by atoms with Gasteiger partial charge in [0.15, 0.2) is 0 Å². The highest BCUT2D eigenvalue weighted by Gasteiger charge is 2.45. The number of halogens is 4. The third-order valence-electron chi connectivity index (χ3n) is 6.88. The number of rotatable bonds is 12. The molecule has 5 rings (SSSR count). The molecule has 0 unspecified atom stereocenters. The van der Waals surface area contributed by atoms with Crippen molar-refractivity contribution < 1.29 is 30.8 Å². The predicted molar refractivity (Wildman–Crippen MR) is 145 cm³/mol. The van der Waals surface area contributed by atoms with Gasteiger partial charge in [0.2, 0.25) is 15.9 Å². The number of hydrogen-bond acceptors (Lipinski definition) is 9. The third-order valence-corrected chi connectivity index (χ3v) is 11.7. The minimum absolute atomic E-state index is 0.00826. The lowest BCUT2D eigenvalue weighted by Crippen LogP contribution is -2.45. The Kier molecular flexibility index (Phi) is 8.74. The molecule has 0 saturated heterocycles. The second kappa shape index (κ2) is 11.8. The summed E-state index contributed by atoms with van der Waals surface area (Å²) in [6.45, 7) is 0. The molecule has 3 atom stereocenters. The number of nitrogens with one attached hydrogen (secondary N) is 4. The highest BCUT2D eigenvalue weighted by atomic mass is 33.1. The molecule has 0 aromatic carbocycles. The molecule has 17 heteroatoms. The van der Waals surface area contributed by atoms with Crippen LogP contribution in [0.1, 0.15) is 48.2 Å². The summed E-state index contributed by atoms with van der Waals surface area (Å²) in [6.07, 6.45) is -2.84. The molecule has 2 saturated carbocycles. The number of amides is 1. The van der Waals surface area contributed by atoms with Crippen LogP contribution in [-0.4, -0.2) is 54.4 Å². The molecular weight excluding hydrogens is 601 g/mol. The number of aromatic nitrogens is 2. The van der Waals surface area contributed by atoms with Crippen molar-refractivity contribution in [3.63, 3.8) is 0 Å². The van der Waals surface area contributed by atoms with Crippen molar-refractivity contribution in [3.05, 3.63) is 22.2 Å². The fourth-order valence-electron chi connectivity index (χ4n) is 4.58. The highest BCUT2D eigenvalue weighted by Crippen LogP contribution is 2.43. The lowest BCUT2D eigenvalue weighted by atomic mass is 9.92. The topological polar surface area (TPSA) is 117 Å². The lowest BCUT2D eigenvalue weighted by Gasteiger charge is -2.30. The van der Waals surface area contributed by atoms with Crippen molar-refractivity contribution in [1.82, 2.24) is 19.2 Å². The van der Waals surface area contributed by atoms with Crippen LogP contribution in [0.3, 0.4) is 0 Å². The molecule has 3 aliphatic carbocycles. The molecule has 1 amide bonds. The molecule has 2 aromatic heterocycles. The summed E-state index contributed by atoms with van der Waals surface area (Å²) in [5.41, 5.74) is 0.303. The average Bonchev–Trinajstić information content (AvgIpc) is 3.29. The van der Waals surface area contributed by atoms with Gasteiger partial charge in [0, 0.05) is 30.1 Å². The minimum Gasteiger partial charge on any atom is -0.360 e. The number of thiophene rings is 1. The monoisotopic (exact) mass is 628 g/mol. The quantitative estimate of drug-likeness (QED) is 0.0904. The molecule has 0 bridgehead atoms. The number of aryl methyl sites for hydroxylation is 2. The molecule has 2 fully saturated rings. The van der Waals surface area contributed by atoms with Crippen LogP contribution in [0.15, 0.2) is 11.0 Å². The summed E-state index contributed by atoms with van der Waals surface area (Å²) < 4.78 is 86.4. The van der Waals surface area contributed by atoms with Gasteiger partial charge in [-0.25, -0.2) is 30.7 Å². The van der Waals surface area contributed by atoms with Crippen LogP contribution in [0.4, 0.5) is 28.4 Å². The average molecular weight is 629 g/mol. The molecule has 2 aromatic rings. The number of nitrogens with zero attached hydrogens (tertiary/aromatic N) is 2. The van der Waals surface area contributed by atoms with Crippen LogP contribution in [0.5, 0.6) is 0 Å². The number of anilines is 2. The zero-order valence-electron chi connectivity index (χ0n) is 20.8. The van der Waals surface area contributed by atoms with E-state index in [-0.39, 0.29) is 40.9 Å². The lowest BCUT2D eigenvalue weighted by molar-refractivity contribution is -0.117. The van der Waals surface area contributed by atoms with E-state index < -0.39 is 46.7 Å². The first kappa shape index (κ1) is 29.0. The molecule has 39 heavy (non-hydrogen) atoms. The Bertz CT molecular complexity index is 1320. The number of carbonyl (C=O) groups is 1. The fourth-order valence-corrected chi connectivity index (χ4v) is 9.46. The highest BCUT2D eigenvalue weighted by molar-refractivity contribution is 8.76. The van der Waals surface area contributed by atoms with E-state index in [4.69, 9.17) is 0 Å². The fraction of sp³-hybridized carbons (Fsp3) is 0.636. The maximum absolute atomic E-state index is 13.5. The molecule has 0 aliphatic heterocycles. The Morgan fingerprint density at radius 3 is 2.64 bits per heavy atom. The van der Waals surface area contributed by atoms with Crippen molar-refractivity contribution in [3.8, 4) is 0 Å². The molecule has 4 N–H and O–H groups in total. The Labute approximate surface area is 235 Å². The predicted octanol–water partition coefficient (Wildman–Crippen LogP) is 4.31. The van der Waals surface area contributed by atoms with Gasteiger partial charge in [-0.15, -0.1) is 11.3 Å². The summed E-state index contributed by atoms with van der Waals surface area (Å²) in [5, 5.41) is 9.61. The van der Waals surface area contributed by atoms with Gasteiger partial charge in [-0.3, -0.25) is 14.2 Å². The van der Waals surface area contributed by atoms with Crippen molar-refractivity contribution >= 4 is 59.9 Å². The van der Waals surface area contributed by atoms with Crippen LogP contribution in [0, 0.1) is 5.92 Å². The molecule has 216 valence electrons. The van der Waals surface area contributed by atoms with E-state index in [1.165, 1.54) is 43.9 Å². The maximum atomic E-state index is 13.5. The van der Waals surface area contributed by atoms with Crippen LogP contribution >= 0.6 is 33.1 Å². The first-order valence-electron chi connectivity index (χ1n) is 12.4. The first-order valence-corrected chi connectivity index (χ1v) is 17.0. The summed E-state index contributed by atoms with van der Waals surface area (Å²) >= 11 is 1.19. The van der Waals surface area contributed by atoms with Gasteiger partial charge in [0.1, 0.15) is 33.8 Å². The number of fused-ring (bicyclic) bond motifs is 1. The standard InChI is InChI=1S/C22H28F4N6O3S4/c1-32-18(8-16(29-32)20(25)26)27-9-36-38-30-11-2-3-17-14(6-11)19(39(34,35)31-12-4-10(23)5-12)22(37-17)28-21(33)13-7-15(13)24/h8,10-13,15,20,27,30-31H,2-7,9H2,1H3,(H,28,33)/t10?,11-,12?,13-,15-/m0/s1. The number of carbonyl (C=O) groups excluding carboxylic acids is 1. The van der Waals surface area contributed by atoms with Gasteiger partial charge in [-0.05, 0) is 55.1 Å². The molecule has 0 spiro atoms. The minimum atomic E-state index is -4.05. The van der Waals surface area contributed by atoms with Crippen LogP contribution in [0.2, 0.25) is 0 Å². The molecule has 0 radical (unpaired) electrons. The Balaban J connectivity index is 1.22. The summed E-state index contributed by atoms with van der Waals surface area (Å²) in [7, 11) is 0.281. The Morgan fingerprint density at radius 1 is 1.26 bits per heavy atom. The van der Waals surface area contributed by atoms with Crippen LogP contribution in [0.25, 0.3) is 0 Å². The Morgan fingerprint density at radius 2 is 2.00 bits per heavy atom. The van der Waals surface area contributed by atoms with Gasteiger partial charge in [0.05, 0.1) is 11.8 Å². The van der Waals surface area contributed by atoms with Crippen molar-refractivity contribution in [2.75, 3.05) is 16.5 Å². The van der Waals surface area contributed by atoms with E-state index in [1.807, 2.05) is 0 Å². The third kappa shape index (κ3) is 6.69. The van der Waals surface area contributed by atoms with Crippen molar-refractivity contribution in [2.24, 2.45) is 13.0 Å². The first-order chi connectivity index (χ1) is 18.5.